The highest BCUT2D eigenvalue weighted by Crippen LogP contribution is 2.37. The van der Waals surface area contributed by atoms with Crippen molar-refractivity contribution in [3.63, 3.8) is 0 Å². The van der Waals surface area contributed by atoms with Crippen LogP contribution in [0, 0.1) is 19.8 Å². The fourth-order valence-electron chi connectivity index (χ4n) is 4.07. The van der Waals surface area contributed by atoms with E-state index in [0.29, 0.717) is 16.2 Å². The van der Waals surface area contributed by atoms with Gasteiger partial charge in [0.2, 0.25) is 0 Å². The normalized spacial score (nSPS) is 12.9. The van der Waals surface area contributed by atoms with Crippen molar-refractivity contribution in [1.29, 1.82) is 0 Å². The number of carbonyl (C=O) groups is 2. The Morgan fingerprint density at radius 3 is 2.13 bits per heavy atom. The monoisotopic (exact) mass is 585 g/mol. The van der Waals surface area contributed by atoms with Crippen LogP contribution in [0.25, 0.3) is 11.1 Å². The largest absolute Gasteiger partial charge is 0.485 e. The summed E-state index contributed by atoms with van der Waals surface area (Å²) in [6.07, 6.45) is -6.20. The van der Waals surface area contributed by atoms with Crippen molar-refractivity contribution in [2.45, 2.75) is 46.1 Å². The van der Waals surface area contributed by atoms with Gasteiger partial charge in [-0.05, 0) is 78.4 Å². The number of amides is 1. The minimum Gasteiger partial charge on any atom is -0.485 e. The molecule has 0 fully saturated rings. The Kier molecular flexibility index (Phi) is 11.0. The van der Waals surface area contributed by atoms with Gasteiger partial charge in [-0.2, -0.15) is 13.2 Å². The highest BCUT2D eigenvalue weighted by molar-refractivity contribution is 7.14. The van der Waals surface area contributed by atoms with Gasteiger partial charge in [0.1, 0.15) is 11.9 Å². The molecule has 11 heteroatoms. The first-order chi connectivity index (χ1) is 17.8. The van der Waals surface area contributed by atoms with Gasteiger partial charge in [0, 0.05) is 4.88 Å². The van der Waals surface area contributed by atoms with Crippen molar-refractivity contribution in [1.82, 2.24) is 5.32 Å². The fraction of sp³-hybridized carbons (Fsp3) is 0.357. The highest BCUT2D eigenvalue weighted by atomic mass is 35.5. The summed E-state index contributed by atoms with van der Waals surface area (Å²) in [6, 6.07) is 12.3. The van der Waals surface area contributed by atoms with Crippen LogP contribution in [0.4, 0.5) is 13.2 Å². The molecule has 0 saturated heterocycles. The Hall–Kier alpha value is -3.08. The second-order valence-electron chi connectivity index (χ2n) is 9.24. The maximum atomic E-state index is 13.0. The fourth-order valence-corrected chi connectivity index (χ4v) is 5.19. The molecule has 2 aromatic carbocycles. The molecule has 0 aliphatic heterocycles. The first kappa shape index (κ1) is 32.1. The van der Waals surface area contributed by atoms with E-state index in [1.54, 1.807) is 12.1 Å². The smallest absolute Gasteiger partial charge is 0.416 e. The van der Waals surface area contributed by atoms with Gasteiger partial charge in [0.25, 0.3) is 5.91 Å². The molecule has 3 rings (SSSR count). The minimum absolute atomic E-state index is 0. The molecule has 6 nitrogen and oxygen atoms in total. The second-order valence-corrected chi connectivity index (χ2v) is 10.4. The number of nitrogens with one attached hydrogen (secondary N) is 1. The molecule has 2 atom stereocenters. The number of esters is 1. The number of aryl methyl sites for hydroxylation is 2. The number of carbonyl (C=O) groups excluding carboxylic acids is 2. The summed E-state index contributed by atoms with van der Waals surface area (Å²) in [6.45, 7) is 7.48. The van der Waals surface area contributed by atoms with E-state index >= 15 is 0 Å². The number of alkyl halides is 3. The average molecular weight is 586 g/mol. The molecule has 212 valence electrons. The molecule has 0 saturated carbocycles. The number of ether oxygens (including phenoxy) is 2. The molecule has 0 aliphatic carbocycles. The molecule has 3 aromatic rings. The van der Waals surface area contributed by atoms with E-state index in [0.717, 1.165) is 40.8 Å². The number of hydrogen-bond acceptors (Lipinski definition) is 6. The number of aliphatic hydroxyl groups is 1. The molecule has 0 spiro atoms. The van der Waals surface area contributed by atoms with Crippen LogP contribution in [0.2, 0.25) is 0 Å². The van der Waals surface area contributed by atoms with Gasteiger partial charge in [-0.1, -0.05) is 26.0 Å². The van der Waals surface area contributed by atoms with Gasteiger partial charge < -0.3 is 19.9 Å². The van der Waals surface area contributed by atoms with Gasteiger partial charge in [0.05, 0.1) is 24.1 Å². The lowest BCUT2D eigenvalue weighted by molar-refractivity contribution is -0.149. The standard InChI is InChI=1S/C28H30F3NO5S.ClH/c1-15(2)25(22-10-11-23(38-22)26(34)32-14-21(33)27(35)36-5)37-20-12-16(3)24(17(4)13-20)18-6-8-19(9-7-18)28(29,30)31;/h6-13,15,21,25,33H,14H2,1-5H3,(H,32,34);1H/t21-,25?;/m1./s1. The van der Waals surface area contributed by atoms with Gasteiger partial charge >= 0.3 is 12.1 Å². The first-order valence-electron chi connectivity index (χ1n) is 11.9. The molecule has 1 amide bonds. The lowest BCUT2D eigenvalue weighted by Crippen LogP contribution is -2.36. The summed E-state index contributed by atoms with van der Waals surface area (Å²) in [5, 5.41) is 12.2. The molecule has 0 aliphatic rings. The lowest BCUT2D eigenvalue weighted by Gasteiger charge is -2.23. The third kappa shape index (κ3) is 7.97. The molecular weight excluding hydrogens is 555 g/mol. The molecular formula is C28H31ClF3NO5S. The van der Waals surface area contributed by atoms with Crippen LogP contribution in [0.5, 0.6) is 5.75 Å². The highest BCUT2D eigenvalue weighted by Gasteiger charge is 2.30. The predicted molar refractivity (Wildman–Crippen MR) is 146 cm³/mol. The molecule has 39 heavy (non-hydrogen) atoms. The maximum Gasteiger partial charge on any atom is 0.416 e. The summed E-state index contributed by atoms with van der Waals surface area (Å²) in [5.41, 5.74) is 2.55. The van der Waals surface area contributed by atoms with Gasteiger partial charge in [-0.3, -0.25) is 4.79 Å². The summed E-state index contributed by atoms with van der Waals surface area (Å²) in [7, 11) is 1.15. The summed E-state index contributed by atoms with van der Waals surface area (Å²) in [4.78, 5) is 25.0. The van der Waals surface area contributed by atoms with Crippen LogP contribution in [0.3, 0.4) is 0 Å². The van der Waals surface area contributed by atoms with E-state index in [4.69, 9.17) is 4.74 Å². The Bertz CT molecular complexity index is 1270. The second kappa shape index (κ2) is 13.3. The average Bonchev–Trinajstić information content (AvgIpc) is 3.34. The number of thiophene rings is 1. The maximum absolute atomic E-state index is 13.0. The molecule has 1 aromatic heterocycles. The van der Waals surface area contributed by atoms with Crippen molar-refractivity contribution in [3.8, 4) is 16.9 Å². The third-order valence-corrected chi connectivity index (χ3v) is 7.08. The Morgan fingerprint density at radius 2 is 1.62 bits per heavy atom. The van der Waals surface area contributed by atoms with Gasteiger partial charge in [-0.15, -0.1) is 23.7 Å². The van der Waals surface area contributed by atoms with Crippen molar-refractivity contribution in [2.24, 2.45) is 5.92 Å². The molecule has 2 N–H and O–H groups in total. The Morgan fingerprint density at radius 1 is 1.03 bits per heavy atom. The Labute approximate surface area is 235 Å². The zero-order valence-corrected chi connectivity index (χ0v) is 23.7. The Balaban J connectivity index is 0.00000533. The number of hydrogen-bond donors (Lipinski definition) is 2. The van der Waals surface area contributed by atoms with Crippen LogP contribution >= 0.6 is 23.7 Å². The van der Waals surface area contributed by atoms with Gasteiger partial charge in [-0.25, -0.2) is 4.79 Å². The van der Waals surface area contributed by atoms with E-state index in [1.165, 1.54) is 23.5 Å². The van der Waals surface area contributed by atoms with Crippen LogP contribution in [-0.2, 0) is 15.7 Å². The quantitative estimate of drug-likeness (QED) is 0.280. The number of rotatable bonds is 9. The van der Waals surface area contributed by atoms with Crippen molar-refractivity contribution >= 4 is 35.6 Å². The zero-order chi connectivity index (χ0) is 28.2. The minimum atomic E-state index is -4.39. The van der Waals surface area contributed by atoms with Crippen molar-refractivity contribution in [2.75, 3.05) is 13.7 Å². The topological polar surface area (TPSA) is 84.9 Å². The van der Waals surface area contributed by atoms with Crippen LogP contribution in [0.1, 0.15) is 51.2 Å². The van der Waals surface area contributed by atoms with Crippen LogP contribution < -0.4 is 10.1 Å². The van der Waals surface area contributed by atoms with Crippen molar-refractivity contribution in [3.05, 3.63) is 75.0 Å². The van der Waals surface area contributed by atoms with E-state index in [-0.39, 0.29) is 31.0 Å². The predicted octanol–water partition coefficient (Wildman–Crippen LogP) is 6.51. The van der Waals surface area contributed by atoms with E-state index in [9.17, 15) is 27.9 Å². The summed E-state index contributed by atoms with van der Waals surface area (Å²) in [5.74, 6) is -0.601. The van der Waals surface area contributed by atoms with Crippen LogP contribution in [-0.4, -0.2) is 36.7 Å². The zero-order valence-electron chi connectivity index (χ0n) is 22.1. The number of halogens is 4. The first-order valence-corrected chi connectivity index (χ1v) is 12.7. The van der Waals surface area contributed by atoms with E-state index in [1.807, 2.05) is 39.8 Å². The van der Waals surface area contributed by atoms with Crippen molar-refractivity contribution < 1.29 is 37.3 Å². The third-order valence-electron chi connectivity index (χ3n) is 5.94. The number of benzene rings is 2. The summed E-state index contributed by atoms with van der Waals surface area (Å²) < 4.78 is 49.6. The molecule has 1 unspecified atom stereocenters. The SMILES string of the molecule is COC(=O)[C@H](O)CNC(=O)c1ccc(C(Oc2cc(C)c(-c3ccc(C(F)(F)F)cc3)c(C)c2)C(C)C)s1.Cl. The molecule has 1 heterocycles. The summed E-state index contributed by atoms with van der Waals surface area (Å²) >= 11 is 1.25. The van der Waals surface area contributed by atoms with E-state index in [2.05, 4.69) is 10.1 Å². The molecule has 0 radical (unpaired) electrons. The molecule has 0 bridgehead atoms. The lowest BCUT2D eigenvalue weighted by atomic mass is 9.94. The number of aliphatic hydroxyl groups excluding tert-OH is 1. The van der Waals surface area contributed by atoms with E-state index < -0.39 is 29.7 Å². The van der Waals surface area contributed by atoms with Gasteiger partial charge in [0.15, 0.2) is 6.10 Å². The number of methoxy groups -OCH3 is 1. The van der Waals surface area contributed by atoms with Crippen LogP contribution in [0.15, 0.2) is 48.5 Å².